The molecule has 0 N–H and O–H groups in total. The van der Waals surface area contributed by atoms with Crippen molar-refractivity contribution >= 4 is 44.0 Å². The van der Waals surface area contributed by atoms with Crippen LogP contribution < -0.4 is 9.64 Å². The fraction of sp³-hybridized carbons (Fsp3) is 0.364. The molecule has 0 spiro atoms. The highest BCUT2D eigenvalue weighted by Gasteiger charge is 2.27. The molecule has 1 amide bonds. The van der Waals surface area contributed by atoms with Crippen LogP contribution >= 0.6 is 11.3 Å². The second kappa shape index (κ2) is 10.5. The van der Waals surface area contributed by atoms with Gasteiger partial charge in [0.2, 0.25) is 0 Å². The molecule has 3 aromatic rings. The van der Waals surface area contributed by atoms with Gasteiger partial charge in [0.15, 0.2) is 5.13 Å². The van der Waals surface area contributed by atoms with Crippen molar-refractivity contribution in [2.75, 3.05) is 38.2 Å². The quantitative estimate of drug-likeness (QED) is 0.303. The molecule has 0 unspecified atom stereocenters. The van der Waals surface area contributed by atoms with E-state index < -0.39 is 27.1 Å². The highest BCUT2D eigenvalue weighted by molar-refractivity contribution is 7.22. The monoisotopic (exact) mass is 487 g/mol. The van der Waals surface area contributed by atoms with Gasteiger partial charge < -0.3 is 9.64 Å². The van der Waals surface area contributed by atoms with Crippen LogP contribution in [0.5, 0.6) is 5.75 Å². The van der Waals surface area contributed by atoms with Gasteiger partial charge in [-0.2, -0.15) is 0 Å². The standard InChI is InChI=1S/C22H25N5O6S/c1-5-24(6-2)9-10-25(22-23-19-18(33-4)8-7-14(3)20(19)34-22)21(28)15-11-16(26(29)30)13-17(12-15)27(31)32/h7-8,11-13H,5-6,9-10H2,1-4H3. The maximum absolute atomic E-state index is 13.6. The Bertz CT molecular complexity index is 1210. The Labute approximate surface area is 199 Å². The molecule has 0 radical (unpaired) electrons. The molecular formula is C22H25N5O6S. The van der Waals surface area contributed by atoms with Gasteiger partial charge in [-0.3, -0.25) is 29.9 Å². The lowest BCUT2D eigenvalue weighted by molar-refractivity contribution is -0.394. The molecule has 0 aliphatic rings. The molecule has 1 heterocycles. The van der Waals surface area contributed by atoms with Crippen LogP contribution in [0.15, 0.2) is 30.3 Å². The van der Waals surface area contributed by atoms with E-state index in [9.17, 15) is 25.0 Å². The molecule has 34 heavy (non-hydrogen) atoms. The van der Waals surface area contributed by atoms with Crippen LogP contribution in [-0.4, -0.2) is 58.9 Å². The molecule has 0 aliphatic heterocycles. The molecule has 0 atom stereocenters. The molecule has 0 saturated carbocycles. The average molecular weight is 488 g/mol. The van der Waals surface area contributed by atoms with Crippen LogP contribution in [0.1, 0.15) is 29.8 Å². The number of methoxy groups -OCH3 is 1. The number of non-ortho nitro benzene ring substituents is 2. The molecule has 3 rings (SSSR count). The van der Waals surface area contributed by atoms with Crippen molar-refractivity contribution in [2.45, 2.75) is 20.8 Å². The Kier molecular flexibility index (Phi) is 7.74. The number of aromatic nitrogens is 1. The van der Waals surface area contributed by atoms with Gasteiger partial charge in [-0.15, -0.1) is 0 Å². The molecule has 0 saturated heterocycles. The molecule has 0 fully saturated rings. The van der Waals surface area contributed by atoms with Gasteiger partial charge in [0, 0.05) is 25.2 Å². The first-order chi connectivity index (χ1) is 16.2. The van der Waals surface area contributed by atoms with Gasteiger partial charge in [-0.05, 0) is 31.6 Å². The predicted molar refractivity (Wildman–Crippen MR) is 130 cm³/mol. The van der Waals surface area contributed by atoms with Gasteiger partial charge in [-0.1, -0.05) is 31.3 Å². The number of likely N-dealkylation sites (N-methyl/N-ethyl adjacent to an activating group) is 1. The van der Waals surface area contributed by atoms with Gasteiger partial charge >= 0.3 is 0 Å². The lowest BCUT2D eigenvalue weighted by Gasteiger charge is -2.24. The number of thiazole rings is 1. The summed E-state index contributed by atoms with van der Waals surface area (Å²) in [6.45, 7) is 8.26. The van der Waals surface area contributed by atoms with Gasteiger partial charge in [-0.25, -0.2) is 4.98 Å². The molecule has 11 nitrogen and oxygen atoms in total. The normalized spacial score (nSPS) is 11.1. The fourth-order valence-corrected chi connectivity index (χ4v) is 4.61. The van der Waals surface area contributed by atoms with E-state index >= 15 is 0 Å². The third-order valence-corrected chi connectivity index (χ3v) is 6.71. The van der Waals surface area contributed by atoms with Gasteiger partial charge in [0.25, 0.3) is 17.3 Å². The fourth-order valence-electron chi connectivity index (χ4n) is 3.53. The number of ether oxygens (including phenoxy) is 1. The smallest absolute Gasteiger partial charge is 0.277 e. The van der Waals surface area contributed by atoms with Crippen molar-refractivity contribution in [1.82, 2.24) is 9.88 Å². The Hall–Kier alpha value is -3.64. The lowest BCUT2D eigenvalue weighted by atomic mass is 10.1. The number of benzene rings is 2. The SMILES string of the molecule is CCN(CC)CCN(C(=O)c1cc([N+](=O)[O-])cc([N+](=O)[O-])c1)c1nc2c(OC)ccc(C)c2s1. The third-order valence-electron chi connectivity index (χ3n) is 5.49. The first kappa shape index (κ1) is 25.0. The number of nitrogens with zero attached hydrogens (tertiary/aromatic N) is 5. The number of anilines is 1. The summed E-state index contributed by atoms with van der Waals surface area (Å²) in [5.74, 6) is -0.0418. The van der Waals surface area contributed by atoms with Gasteiger partial charge in [0.05, 0.1) is 33.3 Å². The summed E-state index contributed by atoms with van der Waals surface area (Å²) in [5, 5.41) is 23.1. The maximum atomic E-state index is 13.6. The van der Waals surface area contributed by atoms with Crippen molar-refractivity contribution < 1.29 is 19.4 Å². The zero-order chi connectivity index (χ0) is 25.0. The van der Waals surface area contributed by atoms with Crippen molar-refractivity contribution in [2.24, 2.45) is 0 Å². The van der Waals surface area contributed by atoms with E-state index in [0.717, 1.165) is 41.6 Å². The minimum atomic E-state index is -0.754. The molecular weight excluding hydrogens is 462 g/mol. The third kappa shape index (κ3) is 5.13. The van der Waals surface area contributed by atoms with Crippen molar-refractivity contribution in [3.05, 3.63) is 61.7 Å². The minimum Gasteiger partial charge on any atom is -0.494 e. The molecule has 0 aliphatic carbocycles. The number of rotatable bonds is 10. The van der Waals surface area contributed by atoms with E-state index in [1.165, 1.54) is 23.3 Å². The number of hydrogen-bond donors (Lipinski definition) is 0. The van der Waals surface area contributed by atoms with Crippen LogP contribution in [0.4, 0.5) is 16.5 Å². The molecule has 12 heteroatoms. The molecule has 1 aromatic heterocycles. The predicted octanol–water partition coefficient (Wildman–Crippen LogP) is 4.42. The summed E-state index contributed by atoms with van der Waals surface area (Å²) >= 11 is 1.30. The Morgan fingerprint density at radius 3 is 2.21 bits per heavy atom. The second-order valence-corrected chi connectivity index (χ2v) is 8.47. The van der Waals surface area contributed by atoms with Crippen LogP contribution in [0.2, 0.25) is 0 Å². The summed E-state index contributed by atoms with van der Waals surface area (Å²) in [6, 6.07) is 6.64. The van der Waals surface area contributed by atoms with Crippen molar-refractivity contribution in [3.8, 4) is 5.75 Å². The second-order valence-electron chi connectivity index (χ2n) is 7.49. The average Bonchev–Trinajstić information content (AvgIpc) is 3.27. The minimum absolute atomic E-state index is 0.150. The van der Waals surface area contributed by atoms with Crippen LogP contribution in [-0.2, 0) is 0 Å². The summed E-state index contributed by atoms with van der Waals surface area (Å²) in [5.41, 5.74) is 0.365. The van der Waals surface area contributed by atoms with Crippen LogP contribution in [0.25, 0.3) is 10.2 Å². The van der Waals surface area contributed by atoms with E-state index in [4.69, 9.17) is 4.74 Å². The Morgan fingerprint density at radius 1 is 1.06 bits per heavy atom. The Morgan fingerprint density at radius 2 is 1.68 bits per heavy atom. The topological polar surface area (TPSA) is 132 Å². The van der Waals surface area contributed by atoms with E-state index in [-0.39, 0.29) is 12.1 Å². The zero-order valence-electron chi connectivity index (χ0n) is 19.3. The highest BCUT2D eigenvalue weighted by atomic mass is 32.1. The maximum Gasteiger partial charge on any atom is 0.277 e. The number of carbonyl (C=O) groups is 1. The summed E-state index contributed by atoms with van der Waals surface area (Å²) in [7, 11) is 1.54. The van der Waals surface area contributed by atoms with E-state index in [2.05, 4.69) is 9.88 Å². The summed E-state index contributed by atoms with van der Waals surface area (Å²) < 4.78 is 6.27. The summed E-state index contributed by atoms with van der Waals surface area (Å²) in [4.78, 5) is 43.0. The zero-order valence-corrected chi connectivity index (χ0v) is 20.1. The number of nitro groups is 2. The van der Waals surface area contributed by atoms with Crippen molar-refractivity contribution in [3.63, 3.8) is 0 Å². The Balaban J connectivity index is 2.13. The largest absolute Gasteiger partial charge is 0.494 e. The molecule has 0 bridgehead atoms. The number of hydrogen-bond acceptors (Lipinski definition) is 9. The number of amides is 1. The van der Waals surface area contributed by atoms with E-state index in [0.29, 0.717) is 22.9 Å². The van der Waals surface area contributed by atoms with E-state index in [1.54, 1.807) is 6.07 Å². The highest BCUT2D eigenvalue weighted by Crippen LogP contribution is 2.37. The van der Waals surface area contributed by atoms with Crippen LogP contribution in [0, 0.1) is 27.2 Å². The molecule has 180 valence electrons. The number of carbonyl (C=O) groups excluding carboxylic acids is 1. The number of aryl methyl sites for hydroxylation is 1. The first-order valence-electron chi connectivity index (χ1n) is 10.6. The number of nitro benzene ring substituents is 2. The molecule has 2 aromatic carbocycles. The van der Waals surface area contributed by atoms with E-state index in [1.807, 2.05) is 26.8 Å². The van der Waals surface area contributed by atoms with Crippen LogP contribution in [0.3, 0.4) is 0 Å². The van der Waals surface area contributed by atoms with Gasteiger partial charge in [0.1, 0.15) is 11.3 Å². The first-order valence-corrected chi connectivity index (χ1v) is 11.4. The summed E-state index contributed by atoms with van der Waals surface area (Å²) in [6.07, 6.45) is 0. The van der Waals surface area contributed by atoms with Crippen molar-refractivity contribution in [1.29, 1.82) is 0 Å². The number of fused-ring (bicyclic) bond motifs is 1. The lowest BCUT2D eigenvalue weighted by Crippen LogP contribution is -2.39.